The van der Waals surface area contributed by atoms with Crippen molar-refractivity contribution >= 4 is 28.8 Å². The van der Waals surface area contributed by atoms with E-state index in [1.165, 1.54) is 0 Å². The van der Waals surface area contributed by atoms with Gasteiger partial charge in [0, 0.05) is 11.5 Å². The Labute approximate surface area is 212 Å². The SMILES string of the molecule is CC1C[C@H](OC(=O)c2ccccc2)C[C@]2(C)C[C@H]3OC(=O)[C@@H](C)[C@H]3CC12.O=C(Cl)c1ccccc1. The molecule has 6 heteroatoms. The van der Waals surface area contributed by atoms with Crippen LogP contribution in [0.2, 0.25) is 0 Å². The summed E-state index contributed by atoms with van der Waals surface area (Å²) in [6, 6.07) is 17.9. The number of carbonyl (C=O) groups is 3. The lowest BCUT2D eigenvalue weighted by Crippen LogP contribution is -2.50. The third-order valence-corrected chi connectivity index (χ3v) is 8.37. The first-order valence-electron chi connectivity index (χ1n) is 12.4. The van der Waals surface area contributed by atoms with Gasteiger partial charge in [-0.1, -0.05) is 69.3 Å². The molecule has 0 spiro atoms. The van der Waals surface area contributed by atoms with Gasteiger partial charge in [0.1, 0.15) is 12.2 Å². The lowest BCUT2D eigenvalue weighted by atomic mass is 9.53. The molecule has 2 saturated carbocycles. The van der Waals surface area contributed by atoms with E-state index in [9.17, 15) is 14.4 Å². The monoisotopic (exact) mass is 496 g/mol. The topological polar surface area (TPSA) is 69.7 Å². The first kappa shape index (κ1) is 25.4. The van der Waals surface area contributed by atoms with Crippen molar-refractivity contribution in [3.63, 3.8) is 0 Å². The number of esters is 2. The maximum atomic E-state index is 12.5. The number of rotatable bonds is 3. The summed E-state index contributed by atoms with van der Waals surface area (Å²) < 4.78 is 11.5. The number of halogens is 1. The standard InChI is InChI=1S/C22H28O4.C7H5ClO/c1-13-9-16(25-21(24)15-7-5-4-6-8-15)11-22(3)12-19-17(10-18(13)22)14(2)20(23)26-19;8-7(9)6-4-2-1-3-5-6/h4-8,13-14,16-19H,9-12H2,1-3H3;1-5H/t13?,14-,16-,17+,18?,19+,22+;/m0./s1. The van der Waals surface area contributed by atoms with E-state index in [1.54, 1.807) is 36.4 Å². The molecule has 0 bridgehead atoms. The van der Waals surface area contributed by atoms with Crippen LogP contribution in [0.25, 0.3) is 0 Å². The predicted octanol–water partition coefficient (Wildman–Crippen LogP) is 6.30. The Balaban J connectivity index is 0.000000271. The Hall–Kier alpha value is -2.66. The zero-order valence-corrected chi connectivity index (χ0v) is 21.2. The lowest BCUT2D eigenvalue weighted by molar-refractivity contribution is -0.147. The second kappa shape index (κ2) is 10.5. The van der Waals surface area contributed by atoms with Crippen molar-refractivity contribution in [3.8, 4) is 0 Å². The van der Waals surface area contributed by atoms with Crippen molar-refractivity contribution in [2.45, 2.75) is 58.7 Å². The lowest BCUT2D eigenvalue weighted by Gasteiger charge is -2.53. The molecule has 2 aromatic carbocycles. The van der Waals surface area contributed by atoms with Crippen LogP contribution in [0.5, 0.6) is 0 Å². The molecule has 2 unspecified atom stereocenters. The molecule has 1 heterocycles. The van der Waals surface area contributed by atoms with Crippen molar-refractivity contribution in [1.82, 2.24) is 0 Å². The van der Waals surface area contributed by atoms with Crippen molar-refractivity contribution < 1.29 is 23.9 Å². The smallest absolute Gasteiger partial charge is 0.338 e. The summed E-state index contributed by atoms with van der Waals surface area (Å²) in [5.74, 6) is 1.14. The zero-order chi connectivity index (χ0) is 25.2. The molecule has 0 amide bonds. The molecule has 5 rings (SSSR count). The van der Waals surface area contributed by atoms with Crippen LogP contribution in [0.15, 0.2) is 60.7 Å². The van der Waals surface area contributed by atoms with Crippen LogP contribution >= 0.6 is 11.6 Å². The Morgan fingerprint density at radius 2 is 1.54 bits per heavy atom. The van der Waals surface area contributed by atoms with Gasteiger partial charge in [0.15, 0.2) is 0 Å². The summed E-state index contributed by atoms with van der Waals surface area (Å²) >= 11 is 5.16. The van der Waals surface area contributed by atoms with E-state index in [0.29, 0.717) is 28.9 Å². The quantitative estimate of drug-likeness (QED) is 0.368. The maximum absolute atomic E-state index is 12.5. The van der Waals surface area contributed by atoms with Gasteiger partial charge in [0.05, 0.1) is 11.5 Å². The zero-order valence-electron chi connectivity index (χ0n) is 20.5. The molecular formula is C29H33ClO5. The molecule has 35 heavy (non-hydrogen) atoms. The van der Waals surface area contributed by atoms with Crippen LogP contribution in [0.3, 0.4) is 0 Å². The fraction of sp³-hybridized carbons (Fsp3) is 0.483. The normalized spacial score (nSPS) is 33.3. The summed E-state index contributed by atoms with van der Waals surface area (Å²) in [5.41, 5.74) is 1.21. The van der Waals surface area contributed by atoms with E-state index in [2.05, 4.69) is 13.8 Å². The van der Waals surface area contributed by atoms with E-state index in [4.69, 9.17) is 21.1 Å². The highest BCUT2D eigenvalue weighted by molar-refractivity contribution is 6.67. The van der Waals surface area contributed by atoms with Crippen LogP contribution < -0.4 is 0 Å². The highest BCUT2D eigenvalue weighted by Gasteiger charge is 2.56. The Bertz CT molecular complexity index is 1060. The van der Waals surface area contributed by atoms with Gasteiger partial charge in [-0.3, -0.25) is 9.59 Å². The highest BCUT2D eigenvalue weighted by Crippen LogP contribution is 2.57. The van der Waals surface area contributed by atoms with E-state index >= 15 is 0 Å². The van der Waals surface area contributed by atoms with E-state index in [-0.39, 0.29) is 35.5 Å². The van der Waals surface area contributed by atoms with Gasteiger partial charge >= 0.3 is 11.9 Å². The Kier molecular flexibility index (Phi) is 7.65. The first-order chi connectivity index (χ1) is 16.7. The van der Waals surface area contributed by atoms with Gasteiger partial charge in [0.25, 0.3) is 5.24 Å². The minimum atomic E-state index is -0.407. The molecule has 5 nitrogen and oxygen atoms in total. The maximum Gasteiger partial charge on any atom is 0.338 e. The van der Waals surface area contributed by atoms with Crippen LogP contribution in [0.4, 0.5) is 0 Å². The van der Waals surface area contributed by atoms with Crippen molar-refractivity contribution in [1.29, 1.82) is 0 Å². The van der Waals surface area contributed by atoms with E-state index in [0.717, 1.165) is 25.7 Å². The van der Waals surface area contributed by atoms with Crippen molar-refractivity contribution in [3.05, 3.63) is 71.8 Å². The van der Waals surface area contributed by atoms with Gasteiger partial charge in [-0.15, -0.1) is 0 Å². The van der Waals surface area contributed by atoms with Crippen LogP contribution in [-0.2, 0) is 14.3 Å². The molecule has 3 fully saturated rings. The number of carbonyl (C=O) groups excluding carboxylic acids is 3. The minimum Gasteiger partial charge on any atom is -0.462 e. The molecule has 7 atom stereocenters. The predicted molar refractivity (Wildman–Crippen MR) is 134 cm³/mol. The minimum absolute atomic E-state index is 0.0189. The van der Waals surface area contributed by atoms with Gasteiger partial charge in [-0.2, -0.15) is 0 Å². The summed E-state index contributed by atoms with van der Waals surface area (Å²) in [6.07, 6.45) is 3.67. The molecule has 2 aliphatic carbocycles. The van der Waals surface area contributed by atoms with Crippen LogP contribution in [0, 0.1) is 29.1 Å². The summed E-state index contributed by atoms with van der Waals surface area (Å²) in [5, 5.41) is -0.407. The Morgan fingerprint density at radius 1 is 0.943 bits per heavy atom. The number of fused-ring (bicyclic) bond motifs is 2. The fourth-order valence-electron chi connectivity index (χ4n) is 6.37. The van der Waals surface area contributed by atoms with Crippen LogP contribution in [0.1, 0.15) is 67.2 Å². The van der Waals surface area contributed by atoms with Gasteiger partial charge in [0.2, 0.25) is 0 Å². The van der Waals surface area contributed by atoms with Crippen molar-refractivity contribution in [2.75, 3.05) is 0 Å². The molecule has 0 radical (unpaired) electrons. The van der Waals surface area contributed by atoms with E-state index < -0.39 is 5.24 Å². The number of benzene rings is 2. The average Bonchev–Trinajstić information content (AvgIpc) is 3.11. The number of hydrogen-bond acceptors (Lipinski definition) is 5. The molecule has 3 aliphatic rings. The first-order valence-corrected chi connectivity index (χ1v) is 12.8. The molecule has 0 aromatic heterocycles. The Morgan fingerprint density at radius 3 is 2.11 bits per heavy atom. The van der Waals surface area contributed by atoms with E-state index in [1.807, 2.05) is 31.2 Å². The molecule has 186 valence electrons. The second-order valence-electron chi connectivity index (χ2n) is 10.6. The summed E-state index contributed by atoms with van der Waals surface area (Å²) in [4.78, 5) is 34.9. The molecular weight excluding hydrogens is 464 g/mol. The van der Waals surface area contributed by atoms with Gasteiger partial charge in [-0.25, -0.2) is 4.79 Å². The van der Waals surface area contributed by atoms with Gasteiger partial charge < -0.3 is 9.47 Å². The fourth-order valence-corrected chi connectivity index (χ4v) is 6.49. The largest absolute Gasteiger partial charge is 0.462 e. The van der Waals surface area contributed by atoms with Crippen molar-refractivity contribution in [2.24, 2.45) is 29.1 Å². The summed E-state index contributed by atoms with van der Waals surface area (Å²) in [6.45, 7) is 6.57. The highest BCUT2D eigenvalue weighted by atomic mass is 35.5. The molecule has 0 N–H and O–H groups in total. The number of ether oxygens (including phenoxy) is 2. The third-order valence-electron chi connectivity index (χ3n) is 8.15. The number of hydrogen-bond donors (Lipinski definition) is 0. The molecule has 2 aromatic rings. The summed E-state index contributed by atoms with van der Waals surface area (Å²) in [7, 11) is 0. The second-order valence-corrected chi connectivity index (χ2v) is 10.9. The average molecular weight is 497 g/mol. The van der Waals surface area contributed by atoms with Crippen LogP contribution in [-0.4, -0.2) is 29.4 Å². The molecule has 1 saturated heterocycles. The molecule has 1 aliphatic heterocycles. The third kappa shape index (κ3) is 5.61. The van der Waals surface area contributed by atoms with Gasteiger partial charge in [-0.05, 0) is 66.7 Å².